The van der Waals surface area contributed by atoms with Crippen molar-refractivity contribution < 1.29 is 4.79 Å². The molecule has 2 N–H and O–H groups in total. The zero-order valence-electron chi connectivity index (χ0n) is 14.0. The number of carbonyl (C=O) groups is 1. The van der Waals surface area contributed by atoms with E-state index in [-0.39, 0.29) is 5.91 Å². The van der Waals surface area contributed by atoms with E-state index < -0.39 is 0 Å². The molecule has 3 heterocycles. The number of amides is 1. The summed E-state index contributed by atoms with van der Waals surface area (Å²) < 4.78 is 1.92. The number of nitrogen functional groups attached to an aromatic ring is 1. The van der Waals surface area contributed by atoms with E-state index in [4.69, 9.17) is 10.7 Å². The van der Waals surface area contributed by atoms with Crippen molar-refractivity contribution in [1.82, 2.24) is 19.7 Å². The summed E-state index contributed by atoms with van der Waals surface area (Å²) in [5.41, 5.74) is 9.08. The second-order valence-electron chi connectivity index (χ2n) is 6.20. The minimum absolute atomic E-state index is 0.0127. The number of hydrogen-bond acceptors (Lipinski definition) is 4. The molecule has 0 saturated carbocycles. The van der Waals surface area contributed by atoms with Gasteiger partial charge in [-0.15, -0.1) is 0 Å². The van der Waals surface area contributed by atoms with Gasteiger partial charge in [0.15, 0.2) is 5.65 Å². The maximum absolute atomic E-state index is 12.7. The number of anilines is 1. The molecule has 0 aromatic carbocycles. The number of rotatable bonds is 6. The van der Waals surface area contributed by atoms with Crippen molar-refractivity contribution in [3.8, 4) is 0 Å². The fourth-order valence-corrected chi connectivity index (χ4v) is 3.24. The van der Waals surface area contributed by atoms with Crippen LogP contribution in [0.15, 0.2) is 6.20 Å². The molecule has 0 spiro atoms. The summed E-state index contributed by atoms with van der Waals surface area (Å²) in [6.45, 7) is 6.60. The second-order valence-corrected chi connectivity index (χ2v) is 6.20. The van der Waals surface area contributed by atoms with Crippen LogP contribution in [0.1, 0.15) is 55.6 Å². The zero-order valence-corrected chi connectivity index (χ0v) is 14.0. The molecule has 1 amide bonds. The Balaban J connectivity index is 1.99. The van der Waals surface area contributed by atoms with Gasteiger partial charge in [-0.25, -0.2) is 9.67 Å². The molecule has 124 valence electrons. The first-order valence-corrected chi connectivity index (χ1v) is 8.60. The summed E-state index contributed by atoms with van der Waals surface area (Å²) in [6, 6.07) is 0. The minimum atomic E-state index is 0.0127. The van der Waals surface area contributed by atoms with Crippen LogP contribution < -0.4 is 5.73 Å². The van der Waals surface area contributed by atoms with Gasteiger partial charge < -0.3 is 10.6 Å². The largest absolute Gasteiger partial charge is 0.397 e. The summed E-state index contributed by atoms with van der Waals surface area (Å²) in [5.74, 6) is 0.0127. The lowest BCUT2D eigenvalue weighted by Crippen LogP contribution is -2.39. The first kappa shape index (κ1) is 15.8. The van der Waals surface area contributed by atoms with Gasteiger partial charge in [0.25, 0.3) is 5.91 Å². The molecule has 0 fully saturated rings. The molecule has 0 saturated heterocycles. The molecule has 0 bridgehead atoms. The van der Waals surface area contributed by atoms with E-state index in [1.165, 1.54) is 12.8 Å². The van der Waals surface area contributed by atoms with Crippen LogP contribution in [-0.2, 0) is 13.0 Å². The fraction of sp³-hybridized carbons (Fsp3) is 0.588. The normalized spacial score (nSPS) is 14.5. The number of unbranched alkanes of at least 4 members (excludes halogenated alkanes) is 2. The third kappa shape index (κ3) is 2.78. The summed E-state index contributed by atoms with van der Waals surface area (Å²) in [7, 11) is 0. The highest BCUT2D eigenvalue weighted by Gasteiger charge is 2.29. The van der Waals surface area contributed by atoms with Crippen molar-refractivity contribution in [1.29, 1.82) is 0 Å². The lowest BCUT2D eigenvalue weighted by molar-refractivity contribution is 0.0739. The summed E-state index contributed by atoms with van der Waals surface area (Å²) >= 11 is 0. The highest BCUT2D eigenvalue weighted by atomic mass is 16.2. The monoisotopic (exact) mass is 315 g/mol. The average molecular weight is 315 g/mol. The van der Waals surface area contributed by atoms with E-state index in [1.54, 1.807) is 6.20 Å². The number of nitrogens with two attached hydrogens (primary N) is 1. The van der Waals surface area contributed by atoms with Crippen molar-refractivity contribution in [3.63, 3.8) is 0 Å². The van der Waals surface area contributed by atoms with E-state index in [0.29, 0.717) is 11.3 Å². The second kappa shape index (κ2) is 6.56. The first-order chi connectivity index (χ1) is 11.2. The van der Waals surface area contributed by atoms with Gasteiger partial charge in [-0.3, -0.25) is 4.79 Å². The number of nitrogens with zero attached hydrogens (tertiary/aromatic N) is 4. The summed E-state index contributed by atoms with van der Waals surface area (Å²) in [5, 5.41) is 5.23. The molecular formula is C17H25N5O. The number of fused-ring (bicyclic) bond motifs is 2. The number of aryl methyl sites for hydroxylation is 1. The van der Waals surface area contributed by atoms with E-state index in [1.807, 2.05) is 9.58 Å². The van der Waals surface area contributed by atoms with E-state index in [2.05, 4.69) is 18.9 Å². The highest BCUT2D eigenvalue weighted by Crippen LogP contribution is 2.30. The molecule has 2 aromatic rings. The van der Waals surface area contributed by atoms with Crippen LogP contribution in [0.4, 0.5) is 5.69 Å². The lowest BCUT2D eigenvalue weighted by atomic mass is 10.0. The molecule has 3 rings (SSSR count). The molecular weight excluding hydrogens is 290 g/mol. The minimum Gasteiger partial charge on any atom is -0.397 e. The van der Waals surface area contributed by atoms with Crippen molar-refractivity contribution in [2.24, 2.45) is 0 Å². The first-order valence-electron chi connectivity index (χ1n) is 8.60. The van der Waals surface area contributed by atoms with E-state index in [0.717, 1.165) is 55.6 Å². The molecule has 0 radical (unpaired) electrons. The highest BCUT2D eigenvalue weighted by molar-refractivity contribution is 6.07. The third-order valence-electron chi connectivity index (χ3n) is 4.49. The van der Waals surface area contributed by atoms with Crippen LogP contribution in [-0.4, -0.2) is 38.7 Å². The summed E-state index contributed by atoms with van der Waals surface area (Å²) in [6.07, 6.45) is 6.89. The molecule has 6 heteroatoms. The SMILES string of the molecule is CCCCCn1ncc2c(N)c3c(nc21)CCN(CCC)C3=O. The number of aromatic nitrogens is 3. The van der Waals surface area contributed by atoms with Crippen LogP contribution in [0.3, 0.4) is 0 Å². The van der Waals surface area contributed by atoms with Gasteiger partial charge in [0.2, 0.25) is 0 Å². The van der Waals surface area contributed by atoms with Crippen LogP contribution in [0, 0.1) is 0 Å². The topological polar surface area (TPSA) is 77.0 Å². The molecule has 1 aliphatic rings. The number of hydrogen-bond donors (Lipinski definition) is 1. The van der Waals surface area contributed by atoms with Crippen molar-refractivity contribution in [2.45, 2.75) is 52.5 Å². The van der Waals surface area contributed by atoms with Gasteiger partial charge in [-0.05, 0) is 12.8 Å². The Hall–Kier alpha value is -2.11. The van der Waals surface area contributed by atoms with Crippen LogP contribution >= 0.6 is 0 Å². The number of carbonyl (C=O) groups excluding carboxylic acids is 1. The van der Waals surface area contributed by atoms with Crippen LogP contribution in [0.2, 0.25) is 0 Å². The van der Waals surface area contributed by atoms with Crippen molar-refractivity contribution in [3.05, 3.63) is 17.5 Å². The Labute approximate surface area is 136 Å². The molecule has 6 nitrogen and oxygen atoms in total. The summed E-state index contributed by atoms with van der Waals surface area (Å²) in [4.78, 5) is 19.3. The molecule has 1 aliphatic heterocycles. The van der Waals surface area contributed by atoms with Crippen LogP contribution in [0.5, 0.6) is 0 Å². The Morgan fingerprint density at radius 3 is 2.78 bits per heavy atom. The van der Waals surface area contributed by atoms with E-state index >= 15 is 0 Å². The Morgan fingerprint density at radius 2 is 2.04 bits per heavy atom. The van der Waals surface area contributed by atoms with Gasteiger partial charge >= 0.3 is 0 Å². The van der Waals surface area contributed by atoms with Crippen LogP contribution in [0.25, 0.3) is 11.0 Å². The molecule has 2 aromatic heterocycles. The average Bonchev–Trinajstić information content (AvgIpc) is 2.94. The molecule has 0 aliphatic carbocycles. The van der Waals surface area contributed by atoms with Gasteiger partial charge in [-0.1, -0.05) is 26.7 Å². The third-order valence-corrected chi connectivity index (χ3v) is 4.49. The number of pyridine rings is 1. The van der Waals surface area contributed by atoms with Crippen molar-refractivity contribution in [2.75, 3.05) is 18.8 Å². The van der Waals surface area contributed by atoms with Gasteiger partial charge in [0.05, 0.1) is 28.5 Å². The predicted octanol–water partition coefficient (Wildman–Crippen LogP) is 2.61. The maximum atomic E-state index is 12.7. The van der Waals surface area contributed by atoms with Gasteiger partial charge in [0.1, 0.15) is 0 Å². The predicted molar refractivity (Wildman–Crippen MR) is 91.4 cm³/mol. The standard InChI is InChI=1S/C17H25N5O/c1-3-5-6-9-22-16-12(11-19-22)15(18)14-13(20-16)7-10-21(8-4-2)17(14)23/h11H,3-10H2,1-2H3,(H2,18,20). The molecule has 0 atom stereocenters. The van der Waals surface area contributed by atoms with Gasteiger partial charge in [0, 0.05) is 26.1 Å². The van der Waals surface area contributed by atoms with E-state index in [9.17, 15) is 4.79 Å². The Bertz CT molecular complexity index is 721. The Kier molecular flexibility index (Phi) is 4.50. The zero-order chi connectivity index (χ0) is 16.4. The smallest absolute Gasteiger partial charge is 0.257 e. The van der Waals surface area contributed by atoms with Gasteiger partial charge in [-0.2, -0.15) is 5.10 Å². The molecule has 0 unspecified atom stereocenters. The quantitative estimate of drug-likeness (QED) is 0.831. The molecule has 23 heavy (non-hydrogen) atoms. The Morgan fingerprint density at radius 1 is 1.22 bits per heavy atom. The lowest BCUT2D eigenvalue weighted by Gasteiger charge is -2.28. The van der Waals surface area contributed by atoms with Crippen molar-refractivity contribution >= 4 is 22.6 Å². The maximum Gasteiger partial charge on any atom is 0.257 e. The fourth-order valence-electron chi connectivity index (χ4n) is 3.24.